The number of carbonyl (C=O) groups excluding carboxylic acids is 1. The normalized spacial score (nSPS) is 16.0. The summed E-state index contributed by atoms with van der Waals surface area (Å²) in [6.45, 7) is 2.52. The van der Waals surface area contributed by atoms with Crippen molar-refractivity contribution >= 4 is 22.7 Å². The second kappa shape index (κ2) is 8.63. The molecule has 1 aliphatic heterocycles. The third-order valence-electron chi connectivity index (χ3n) is 5.53. The summed E-state index contributed by atoms with van der Waals surface area (Å²) in [5.74, 6) is 1.31. The quantitative estimate of drug-likeness (QED) is 0.482. The minimum Gasteiger partial charge on any atom is -0.489 e. The van der Waals surface area contributed by atoms with E-state index in [-0.39, 0.29) is 11.8 Å². The van der Waals surface area contributed by atoms with Crippen LogP contribution in [0.1, 0.15) is 30.9 Å². The molecule has 160 valence electrons. The molecule has 3 heterocycles. The first-order valence-corrected chi connectivity index (χ1v) is 10.6. The van der Waals surface area contributed by atoms with Gasteiger partial charge in [-0.3, -0.25) is 9.78 Å². The van der Waals surface area contributed by atoms with Gasteiger partial charge in [-0.05, 0) is 54.4 Å². The van der Waals surface area contributed by atoms with Crippen molar-refractivity contribution in [1.82, 2.24) is 15.4 Å². The highest BCUT2D eigenvalue weighted by Crippen LogP contribution is 2.29. The molecule has 0 saturated heterocycles. The molecule has 1 unspecified atom stereocenters. The van der Waals surface area contributed by atoms with E-state index < -0.39 is 0 Å². The van der Waals surface area contributed by atoms with Gasteiger partial charge in [0.1, 0.15) is 17.9 Å². The molecule has 0 saturated carbocycles. The average Bonchev–Trinajstić information content (AvgIpc) is 3.27. The summed E-state index contributed by atoms with van der Waals surface area (Å²) in [6.07, 6.45) is 4.79. The SMILES string of the molecule is CCC1CC(=O)NN=C1c1ccc2nc(-c3cccc(OCc4ccncc4)c3)oc2c1. The van der Waals surface area contributed by atoms with Gasteiger partial charge in [0.15, 0.2) is 5.58 Å². The number of hydrogen-bond donors (Lipinski definition) is 1. The third kappa shape index (κ3) is 4.09. The predicted octanol–water partition coefficient (Wildman–Crippen LogP) is 4.72. The molecule has 0 bridgehead atoms. The van der Waals surface area contributed by atoms with Crippen LogP contribution in [0.5, 0.6) is 5.75 Å². The molecule has 5 rings (SSSR count). The number of benzene rings is 2. The lowest BCUT2D eigenvalue weighted by molar-refractivity contribution is -0.122. The zero-order chi connectivity index (χ0) is 21.9. The zero-order valence-electron chi connectivity index (χ0n) is 17.6. The van der Waals surface area contributed by atoms with Crippen LogP contribution in [0, 0.1) is 5.92 Å². The van der Waals surface area contributed by atoms with Crippen molar-refractivity contribution in [2.75, 3.05) is 0 Å². The number of ether oxygens (including phenoxy) is 1. The van der Waals surface area contributed by atoms with Crippen molar-refractivity contribution < 1.29 is 13.9 Å². The standard InChI is InChI=1S/C25H22N4O3/c1-2-17-14-23(30)28-29-24(17)18-6-7-21-22(13-18)32-25(27-21)19-4-3-5-20(12-19)31-15-16-8-10-26-11-9-16/h3-13,17H,2,14-15H2,1H3,(H,28,30). The Balaban J connectivity index is 1.40. The van der Waals surface area contributed by atoms with Crippen LogP contribution in [-0.4, -0.2) is 21.6 Å². The number of fused-ring (bicyclic) bond motifs is 1. The highest BCUT2D eigenvalue weighted by molar-refractivity contribution is 6.07. The molecule has 0 radical (unpaired) electrons. The largest absolute Gasteiger partial charge is 0.489 e. The van der Waals surface area contributed by atoms with E-state index in [1.165, 1.54) is 0 Å². The fraction of sp³-hybridized carbons (Fsp3) is 0.200. The fourth-order valence-corrected chi connectivity index (χ4v) is 3.79. The maximum Gasteiger partial charge on any atom is 0.240 e. The van der Waals surface area contributed by atoms with E-state index in [4.69, 9.17) is 9.15 Å². The fourth-order valence-electron chi connectivity index (χ4n) is 3.79. The molecule has 32 heavy (non-hydrogen) atoms. The molecule has 1 N–H and O–H groups in total. The summed E-state index contributed by atoms with van der Waals surface area (Å²) >= 11 is 0. The molecule has 1 aliphatic rings. The molecule has 7 heteroatoms. The molecule has 4 aromatic rings. The molecule has 0 spiro atoms. The summed E-state index contributed by atoms with van der Waals surface area (Å²) in [7, 11) is 0. The Bertz CT molecular complexity index is 1300. The van der Waals surface area contributed by atoms with Gasteiger partial charge in [-0.2, -0.15) is 5.10 Å². The second-order valence-electron chi connectivity index (χ2n) is 7.71. The molecular weight excluding hydrogens is 404 g/mol. The molecule has 1 atom stereocenters. The van der Waals surface area contributed by atoms with Gasteiger partial charge >= 0.3 is 0 Å². The van der Waals surface area contributed by atoms with Crippen molar-refractivity contribution in [2.45, 2.75) is 26.4 Å². The van der Waals surface area contributed by atoms with Crippen LogP contribution in [0.15, 0.2) is 76.5 Å². The number of hydrogen-bond acceptors (Lipinski definition) is 6. The van der Waals surface area contributed by atoms with Gasteiger partial charge in [-0.25, -0.2) is 10.4 Å². The summed E-state index contributed by atoms with van der Waals surface area (Å²) < 4.78 is 12.0. The highest BCUT2D eigenvalue weighted by atomic mass is 16.5. The van der Waals surface area contributed by atoms with Gasteiger partial charge in [0.05, 0.1) is 5.71 Å². The Hall–Kier alpha value is -4.00. The Morgan fingerprint density at radius 2 is 1.97 bits per heavy atom. The van der Waals surface area contributed by atoms with Crippen molar-refractivity contribution in [2.24, 2.45) is 11.0 Å². The smallest absolute Gasteiger partial charge is 0.240 e. The van der Waals surface area contributed by atoms with Crippen LogP contribution in [-0.2, 0) is 11.4 Å². The molecule has 2 aromatic heterocycles. The van der Waals surface area contributed by atoms with Gasteiger partial charge in [0, 0.05) is 35.9 Å². The highest BCUT2D eigenvalue weighted by Gasteiger charge is 2.24. The number of rotatable bonds is 6. The number of carbonyl (C=O) groups is 1. The lowest BCUT2D eigenvalue weighted by Crippen LogP contribution is -2.33. The van der Waals surface area contributed by atoms with Gasteiger partial charge < -0.3 is 9.15 Å². The average molecular weight is 426 g/mol. The first-order valence-electron chi connectivity index (χ1n) is 10.6. The van der Waals surface area contributed by atoms with Gasteiger partial charge in [0.2, 0.25) is 11.8 Å². The molecular formula is C25H22N4O3. The number of hydrazone groups is 1. The van der Waals surface area contributed by atoms with Crippen LogP contribution < -0.4 is 10.2 Å². The van der Waals surface area contributed by atoms with E-state index in [2.05, 4.69) is 27.4 Å². The predicted molar refractivity (Wildman–Crippen MR) is 121 cm³/mol. The number of aromatic nitrogens is 2. The minimum absolute atomic E-state index is 0.0466. The lowest BCUT2D eigenvalue weighted by atomic mass is 9.90. The van der Waals surface area contributed by atoms with Crippen LogP contribution in [0.3, 0.4) is 0 Å². The third-order valence-corrected chi connectivity index (χ3v) is 5.53. The lowest BCUT2D eigenvalue weighted by Gasteiger charge is -2.21. The van der Waals surface area contributed by atoms with E-state index >= 15 is 0 Å². The molecule has 7 nitrogen and oxygen atoms in total. The topological polar surface area (TPSA) is 89.6 Å². The Labute approximate surface area is 185 Å². The van der Waals surface area contributed by atoms with Gasteiger partial charge in [-0.15, -0.1) is 0 Å². The van der Waals surface area contributed by atoms with Crippen LogP contribution in [0.25, 0.3) is 22.6 Å². The van der Waals surface area contributed by atoms with Crippen molar-refractivity contribution in [3.8, 4) is 17.2 Å². The van der Waals surface area contributed by atoms with E-state index in [0.717, 1.165) is 40.1 Å². The zero-order valence-corrected chi connectivity index (χ0v) is 17.6. The number of nitrogens with one attached hydrogen (secondary N) is 1. The van der Waals surface area contributed by atoms with Gasteiger partial charge in [-0.1, -0.05) is 19.1 Å². The first kappa shape index (κ1) is 19.9. The van der Waals surface area contributed by atoms with Crippen LogP contribution in [0.2, 0.25) is 0 Å². The van der Waals surface area contributed by atoms with Crippen LogP contribution >= 0.6 is 0 Å². The summed E-state index contributed by atoms with van der Waals surface area (Å²) in [4.78, 5) is 20.3. The Morgan fingerprint density at radius 3 is 2.81 bits per heavy atom. The summed E-state index contributed by atoms with van der Waals surface area (Å²) in [5.41, 5.74) is 7.72. The Kier molecular flexibility index (Phi) is 5.37. The van der Waals surface area contributed by atoms with E-state index in [1.807, 2.05) is 54.6 Å². The van der Waals surface area contributed by atoms with Gasteiger partial charge in [0.25, 0.3) is 0 Å². The van der Waals surface area contributed by atoms with E-state index in [0.29, 0.717) is 24.5 Å². The maximum atomic E-state index is 11.7. The van der Waals surface area contributed by atoms with E-state index in [9.17, 15) is 4.79 Å². The Morgan fingerprint density at radius 1 is 1.09 bits per heavy atom. The number of oxazole rings is 1. The molecule has 0 fully saturated rings. The summed E-state index contributed by atoms with van der Waals surface area (Å²) in [6, 6.07) is 17.4. The molecule has 2 aromatic carbocycles. The minimum atomic E-state index is -0.0466. The molecule has 0 aliphatic carbocycles. The second-order valence-corrected chi connectivity index (χ2v) is 7.71. The van der Waals surface area contributed by atoms with E-state index in [1.54, 1.807) is 12.4 Å². The molecule has 1 amide bonds. The summed E-state index contributed by atoms with van der Waals surface area (Å²) in [5, 5.41) is 4.30. The number of pyridine rings is 1. The van der Waals surface area contributed by atoms with Crippen molar-refractivity contribution in [3.05, 3.63) is 78.1 Å². The van der Waals surface area contributed by atoms with Crippen LogP contribution in [0.4, 0.5) is 0 Å². The maximum absolute atomic E-state index is 11.7. The first-order chi connectivity index (χ1) is 15.7. The van der Waals surface area contributed by atoms with Crippen molar-refractivity contribution in [1.29, 1.82) is 0 Å². The van der Waals surface area contributed by atoms with Crippen molar-refractivity contribution in [3.63, 3.8) is 0 Å². The number of nitrogens with zero attached hydrogens (tertiary/aromatic N) is 3. The number of amides is 1. The monoisotopic (exact) mass is 426 g/mol.